The number of carbonyl (C=O) groups is 1. The minimum absolute atomic E-state index is 0.0789. The number of hydrogen-bond donors (Lipinski definition) is 1. The first-order chi connectivity index (χ1) is 12.2. The maximum Gasteiger partial charge on any atom is 0.270 e. The number of rotatable bonds is 7. The van der Waals surface area contributed by atoms with E-state index in [1.807, 2.05) is 6.92 Å². The molecular formula is C18H21FN2O3S. The summed E-state index contributed by atoms with van der Waals surface area (Å²) in [6.07, 6.45) is 2.93. The number of thiazole rings is 1. The average molecular weight is 364 g/mol. The van der Waals surface area contributed by atoms with E-state index in [1.165, 1.54) is 17.4 Å². The number of ether oxygens (including phenoxy) is 2. The minimum Gasteiger partial charge on any atom is -0.494 e. The molecule has 1 aliphatic rings. The summed E-state index contributed by atoms with van der Waals surface area (Å²) in [5.41, 5.74) is 0.663. The molecule has 1 aliphatic heterocycles. The monoisotopic (exact) mass is 364 g/mol. The Morgan fingerprint density at radius 1 is 1.52 bits per heavy atom. The van der Waals surface area contributed by atoms with Crippen LogP contribution < -0.4 is 10.1 Å². The summed E-state index contributed by atoms with van der Waals surface area (Å²) in [5.74, 6) is -0.176. The molecule has 1 atom stereocenters. The number of carbonyl (C=O) groups excluding carboxylic acids is 1. The molecule has 0 aliphatic carbocycles. The largest absolute Gasteiger partial charge is 0.494 e. The van der Waals surface area contributed by atoms with Gasteiger partial charge in [0.05, 0.1) is 12.7 Å². The number of aromatic nitrogens is 1. The van der Waals surface area contributed by atoms with Gasteiger partial charge in [-0.3, -0.25) is 4.79 Å². The molecule has 1 saturated heterocycles. The predicted molar refractivity (Wildman–Crippen MR) is 94.6 cm³/mol. The van der Waals surface area contributed by atoms with E-state index >= 15 is 0 Å². The number of nitrogens with one attached hydrogen (secondary N) is 1. The summed E-state index contributed by atoms with van der Waals surface area (Å²) in [7, 11) is 0. The van der Waals surface area contributed by atoms with Gasteiger partial charge in [-0.15, -0.1) is 11.3 Å². The Morgan fingerprint density at radius 2 is 2.40 bits per heavy atom. The van der Waals surface area contributed by atoms with Crippen LogP contribution in [-0.2, 0) is 4.74 Å². The Kier molecular flexibility index (Phi) is 5.99. The van der Waals surface area contributed by atoms with Crippen LogP contribution in [0.2, 0.25) is 0 Å². The number of nitrogens with zero attached hydrogens (tertiary/aromatic N) is 1. The van der Waals surface area contributed by atoms with Gasteiger partial charge in [-0.05, 0) is 31.4 Å². The zero-order valence-electron chi connectivity index (χ0n) is 14.1. The fourth-order valence-corrected chi connectivity index (χ4v) is 3.41. The highest BCUT2D eigenvalue weighted by molar-refractivity contribution is 7.13. The molecule has 5 nitrogen and oxygen atoms in total. The molecule has 1 N–H and O–H groups in total. The molecule has 134 valence electrons. The molecule has 1 amide bonds. The van der Waals surface area contributed by atoms with Gasteiger partial charge in [0.25, 0.3) is 5.91 Å². The molecule has 0 spiro atoms. The first kappa shape index (κ1) is 17.8. The maximum atomic E-state index is 14.3. The highest BCUT2D eigenvalue weighted by Crippen LogP contribution is 2.29. The van der Waals surface area contributed by atoms with Gasteiger partial charge in [-0.1, -0.05) is 6.92 Å². The maximum absolute atomic E-state index is 14.3. The highest BCUT2D eigenvalue weighted by Gasteiger charge is 2.19. The van der Waals surface area contributed by atoms with E-state index in [4.69, 9.17) is 9.47 Å². The summed E-state index contributed by atoms with van der Waals surface area (Å²) in [5, 5.41) is 4.93. The first-order valence-electron chi connectivity index (χ1n) is 8.45. The molecule has 0 radical (unpaired) electrons. The Labute approximate surface area is 150 Å². The number of benzene rings is 1. The average Bonchev–Trinajstić information content (AvgIpc) is 3.29. The Morgan fingerprint density at radius 3 is 3.12 bits per heavy atom. The Balaban J connectivity index is 1.65. The second kappa shape index (κ2) is 8.40. The lowest BCUT2D eigenvalue weighted by Gasteiger charge is -2.09. The van der Waals surface area contributed by atoms with Gasteiger partial charge in [-0.25, -0.2) is 9.37 Å². The number of hydrogen-bond acceptors (Lipinski definition) is 5. The molecule has 25 heavy (non-hydrogen) atoms. The third-order valence-electron chi connectivity index (χ3n) is 3.89. The molecule has 2 heterocycles. The van der Waals surface area contributed by atoms with Crippen molar-refractivity contribution in [2.45, 2.75) is 32.3 Å². The van der Waals surface area contributed by atoms with Crippen molar-refractivity contribution in [1.29, 1.82) is 0 Å². The van der Waals surface area contributed by atoms with E-state index in [9.17, 15) is 9.18 Å². The molecule has 0 saturated carbocycles. The lowest BCUT2D eigenvalue weighted by molar-refractivity contribution is 0.0854. The molecule has 1 aromatic heterocycles. The quantitative estimate of drug-likeness (QED) is 0.815. The third-order valence-corrected chi connectivity index (χ3v) is 4.77. The second-order valence-corrected chi connectivity index (χ2v) is 6.73. The molecule has 2 aromatic rings. The number of halogens is 1. The molecule has 0 unspecified atom stereocenters. The van der Waals surface area contributed by atoms with Gasteiger partial charge in [0.2, 0.25) is 0 Å². The van der Waals surface area contributed by atoms with Crippen LogP contribution in [0.1, 0.15) is 36.7 Å². The van der Waals surface area contributed by atoms with Gasteiger partial charge < -0.3 is 14.8 Å². The number of amides is 1. The van der Waals surface area contributed by atoms with Crippen molar-refractivity contribution in [3.05, 3.63) is 35.1 Å². The van der Waals surface area contributed by atoms with E-state index in [-0.39, 0.29) is 12.0 Å². The summed E-state index contributed by atoms with van der Waals surface area (Å²) >= 11 is 1.24. The van der Waals surface area contributed by atoms with Crippen LogP contribution in [0.3, 0.4) is 0 Å². The van der Waals surface area contributed by atoms with Crippen molar-refractivity contribution in [2.75, 3.05) is 19.8 Å². The summed E-state index contributed by atoms with van der Waals surface area (Å²) in [6.45, 7) is 3.76. The van der Waals surface area contributed by atoms with Crippen LogP contribution in [0.15, 0.2) is 23.6 Å². The minimum atomic E-state index is -0.408. The summed E-state index contributed by atoms with van der Waals surface area (Å²) in [4.78, 5) is 16.4. The zero-order valence-corrected chi connectivity index (χ0v) is 14.9. The second-order valence-electron chi connectivity index (χ2n) is 5.87. The SMILES string of the molecule is CCCOc1ccc(-c2nc(C(=O)NC[C@H]3CCCO3)cs2)c(F)c1. The van der Waals surface area contributed by atoms with E-state index in [0.29, 0.717) is 35.2 Å². The zero-order chi connectivity index (χ0) is 17.6. The molecule has 0 bridgehead atoms. The van der Waals surface area contributed by atoms with Gasteiger partial charge in [0, 0.05) is 30.2 Å². The normalized spacial score (nSPS) is 16.8. The van der Waals surface area contributed by atoms with Crippen LogP contribution >= 0.6 is 11.3 Å². The topological polar surface area (TPSA) is 60.5 Å². The van der Waals surface area contributed by atoms with Crippen LogP contribution in [0.5, 0.6) is 5.75 Å². The summed E-state index contributed by atoms with van der Waals surface area (Å²) in [6, 6.07) is 4.70. The fourth-order valence-electron chi connectivity index (χ4n) is 2.58. The van der Waals surface area contributed by atoms with E-state index in [0.717, 1.165) is 25.9 Å². The van der Waals surface area contributed by atoms with E-state index < -0.39 is 5.82 Å². The van der Waals surface area contributed by atoms with Crippen molar-refractivity contribution in [3.63, 3.8) is 0 Å². The van der Waals surface area contributed by atoms with E-state index in [2.05, 4.69) is 10.3 Å². The van der Waals surface area contributed by atoms with Crippen molar-refractivity contribution in [1.82, 2.24) is 10.3 Å². The predicted octanol–water partition coefficient (Wildman–Crippen LogP) is 3.65. The van der Waals surface area contributed by atoms with Gasteiger partial charge in [-0.2, -0.15) is 0 Å². The van der Waals surface area contributed by atoms with Gasteiger partial charge in [0.1, 0.15) is 22.3 Å². The first-order valence-corrected chi connectivity index (χ1v) is 9.33. The smallest absolute Gasteiger partial charge is 0.270 e. The fraction of sp³-hybridized carbons (Fsp3) is 0.444. The van der Waals surface area contributed by atoms with Crippen LogP contribution in [0.4, 0.5) is 4.39 Å². The molecule has 7 heteroatoms. The highest BCUT2D eigenvalue weighted by atomic mass is 32.1. The Bertz CT molecular complexity index is 729. The molecule has 1 fully saturated rings. The summed E-state index contributed by atoms with van der Waals surface area (Å²) < 4.78 is 25.2. The van der Waals surface area contributed by atoms with Crippen molar-refractivity contribution in [3.8, 4) is 16.3 Å². The van der Waals surface area contributed by atoms with Crippen LogP contribution in [0.25, 0.3) is 10.6 Å². The van der Waals surface area contributed by atoms with Crippen molar-refractivity contribution < 1.29 is 18.7 Å². The lowest BCUT2D eigenvalue weighted by atomic mass is 10.2. The van der Waals surface area contributed by atoms with E-state index in [1.54, 1.807) is 17.5 Å². The standard InChI is InChI=1S/C18H21FN2O3S/c1-2-7-23-12-5-6-14(15(19)9-12)18-21-16(11-25-18)17(22)20-10-13-4-3-8-24-13/h5-6,9,11,13H,2-4,7-8,10H2,1H3,(H,20,22)/t13-/m1/s1. The molecule has 3 rings (SSSR count). The third kappa shape index (κ3) is 4.55. The van der Waals surface area contributed by atoms with Gasteiger partial charge >= 0.3 is 0 Å². The molecular weight excluding hydrogens is 343 g/mol. The van der Waals surface area contributed by atoms with Crippen molar-refractivity contribution in [2.24, 2.45) is 0 Å². The van der Waals surface area contributed by atoms with Crippen LogP contribution in [0, 0.1) is 5.82 Å². The van der Waals surface area contributed by atoms with Crippen LogP contribution in [-0.4, -0.2) is 36.8 Å². The molecule has 1 aromatic carbocycles. The Hall–Kier alpha value is -1.99. The van der Waals surface area contributed by atoms with Gasteiger partial charge in [0.15, 0.2) is 0 Å². The van der Waals surface area contributed by atoms with Crippen molar-refractivity contribution >= 4 is 17.2 Å². The lowest BCUT2D eigenvalue weighted by Crippen LogP contribution is -2.31.